The minimum absolute atomic E-state index is 0.0392. The quantitative estimate of drug-likeness (QED) is 0.658. The molecule has 0 fully saturated rings. The van der Waals surface area contributed by atoms with Crippen molar-refractivity contribution in [2.24, 2.45) is 0 Å². The number of aromatic nitrogens is 1. The van der Waals surface area contributed by atoms with Gasteiger partial charge in [0, 0.05) is 35.6 Å². The lowest BCUT2D eigenvalue weighted by atomic mass is 9.98. The Bertz CT molecular complexity index is 914. The average molecular weight is 351 g/mol. The third-order valence-corrected chi connectivity index (χ3v) is 5.14. The van der Waals surface area contributed by atoms with E-state index in [-0.39, 0.29) is 11.9 Å². The Hall–Kier alpha value is -2.52. The minimum Gasteiger partial charge on any atom is -0.348 e. The topological polar surface area (TPSA) is 25.2 Å². The number of nitrogens with zero attached hydrogens (tertiary/aromatic N) is 2. The lowest BCUT2D eigenvalue weighted by Crippen LogP contribution is -2.42. The van der Waals surface area contributed by atoms with Crippen LogP contribution in [-0.4, -0.2) is 21.9 Å². The van der Waals surface area contributed by atoms with Gasteiger partial charge in [0.15, 0.2) is 0 Å². The Balaban J connectivity index is 1.79. The van der Waals surface area contributed by atoms with E-state index in [9.17, 15) is 4.79 Å². The number of hydrogen-bond acceptors (Lipinski definition) is 1. The summed E-state index contributed by atoms with van der Waals surface area (Å²) in [6, 6.07) is 19.4. The molecule has 2 heterocycles. The second kappa shape index (κ2) is 6.41. The van der Waals surface area contributed by atoms with Crippen LogP contribution in [0.5, 0.6) is 0 Å². The predicted molar refractivity (Wildman–Crippen MR) is 99.9 cm³/mol. The van der Waals surface area contributed by atoms with E-state index in [1.807, 2.05) is 66.4 Å². The smallest absolute Gasteiger partial charge is 0.254 e. The fraction of sp³-hybridized carbons (Fsp3) is 0.190. The van der Waals surface area contributed by atoms with Crippen LogP contribution in [0.25, 0.3) is 0 Å². The molecule has 0 radical (unpaired) electrons. The van der Waals surface area contributed by atoms with Gasteiger partial charge in [-0.15, -0.1) is 0 Å². The molecule has 1 aromatic heterocycles. The first-order valence-electron chi connectivity index (χ1n) is 8.42. The monoisotopic (exact) mass is 350 g/mol. The third kappa shape index (κ3) is 2.85. The zero-order valence-corrected chi connectivity index (χ0v) is 14.8. The van der Waals surface area contributed by atoms with Crippen molar-refractivity contribution in [3.05, 3.63) is 94.3 Å². The van der Waals surface area contributed by atoms with E-state index in [1.54, 1.807) is 0 Å². The Morgan fingerprint density at radius 1 is 1.00 bits per heavy atom. The first kappa shape index (κ1) is 16.0. The number of halogens is 1. The number of benzene rings is 2. The molecule has 4 rings (SSSR count). The van der Waals surface area contributed by atoms with Crippen LogP contribution in [0.15, 0.2) is 66.9 Å². The molecular formula is C21H19ClN2O. The summed E-state index contributed by atoms with van der Waals surface area (Å²) >= 11 is 6.48. The van der Waals surface area contributed by atoms with Gasteiger partial charge in [-0.2, -0.15) is 0 Å². The molecule has 25 heavy (non-hydrogen) atoms. The Labute approximate surface area is 152 Å². The van der Waals surface area contributed by atoms with Crippen LogP contribution in [0, 0.1) is 6.92 Å². The largest absolute Gasteiger partial charge is 0.348 e. The molecule has 2 aromatic carbocycles. The zero-order valence-electron chi connectivity index (χ0n) is 14.0. The van der Waals surface area contributed by atoms with Crippen LogP contribution < -0.4 is 0 Å². The summed E-state index contributed by atoms with van der Waals surface area (Å²) in [4.78, 5) is 15.1. The van der Waals surface area contributed by atoms with Gasteiger partial charge in [-0.05, 0) is 42.8 Å². The van der Waals surface area contributed by atoms with Gasteiger partial charge >= 0.3 is 0 Å². The zero-order chi connectivity index (χ0) is 17.4. The normalized spacial score (nSPS) is 16.6. The van der Waals surface area contributed by atoms with E-state index in [1.165, 1.54) is 0 Å². The van der Waals surface area contributed by atoms with Gasteiger partial charge in [0.1, 0.15) is 0 Å². The number of carbonyl (C=O) groups excluding carboxylic acids is 1. The van der Waals surface area contributed by atoms with Crippen LogP contribution >= 0.6 is 11.6 Å². The van der Waals surface area contributed by atoms with Crippen molar-refractivity contribution >= 4 is 17.5 Å². The highest BCUT2D eigenvalue weighted by Crippen LogP contribution is 2.36. The van der Waals surface area contributed by atoms with Crippen molar-refractivity contribution in [2.45, 2.75) is 19.5 Å². The van der Waals surface area contributed by atoms with E-state index in [0.29, 0.717) is 17.1 Å². The van der Waals surface area contributed by atoms with Crippen molar-refractivity contribution in [3.63, 3.8) is 0 Å². The van der Waals surface area contributed by atoms with Crippen molar-refractivity contribution in [1.82, 2.24) is 9.47 Å². The summed E-state index contributed by atoms with van der Waals surface area (Å²) in [5, 5.41) is 0.684. The number of amides is 1. The summed E-state index contributed by atoms with van der Waals surface area (Å²) in [5.74, 6) is 0.0392. The number of rotatable bonds is 2. The van der Waals surface area contributed by atoms with E-state index in [2.05, 4.69) is 16.8 Å². The Kier molecular flexibility index (Phi) is 4.10. The van der Waals surface area contributed by atoms with Gasteiger partial charge in [0.2, 0.25) is 0 Å². The summed E-state index contributed by atoms with van der Waals surface area (Å²) in [6.45, 7) is 3.47. The summed E-state index contributed by atoms with van der Waals surface area (Å²) in [6.07, 6.45) is 2.06. The molecule has 0 saturated carbocycles. The molecule has 0 bridgehead atoms. The molecule has 1 atom stereocenters. The first-order chi connectivity index (χ1) is 12.1. The standard InChI is InChI=1S/C21H19ClN2O/c1-15-8-10-16(11-9-15)21(25)24-14-13-23-12-4-7-19(23)20(24)17-5-2-3-6-18(17)22/h2-12,20H,13-14H2,1H3. The molecule has 0 aliphatic carbocycles. The van der Waals surface area contributed by atoms with Crippen molar-refractivity contribution in [3.8, 4) is 0 Å². The summed E-state index contributed by atoms with van der Waals surface area (Å²) in [5.41, 5.74) is 3.92. The first-order valence-corrected chi connectivity index (χ1v) is 8.80. The van der Waals surface area contributed by atoms with Gasteiger partial charge in [-0.1, -0.05) is 47.5 Å². The van der Waals surface area contributed by atoms with E-state index >= 15 is 0 Å². The highest BCUT2D eigenvalue weighted by atomic mass is 35.5. The number of fused-ring (bicyclic) bond motifs is 1. The lowest BCUT2D eigenvalue weighted by molar-refractivity contribution is 0.0664. The fourth-order valence-corrected chi connectivity index (χ4v) is 3.73. The average Bonchev–Trinajstić information content (AvgIpc) is 3.10. The number of aryl methyl sites for hydroxylation is 1. The molecule has 1 aliphatic heterocycles. The third-order valence-electron chi connectivity index (χ3n) is 4.80. The van der Waals surface area contributed by atoms with Gasteiger partial charge in [0.25, 0.3) is 5.91 Å². The van der Waals surface area contributed by atoms with Crippen molar-refractivity contribution in [2.75, 3.05) is 6.54 Å². The molecule has 1 amide bonds. The van der Waals surface area contributed by atoms with Gasteiger partial charge in [-0.3, -0.25) is 4.79 Å². The van der Waals surface area contributed by atoms with E-state index in [0.717, 1.165) is 23.4 Å². The maximum absolute atomic E-state index is 13.2. The molecular weight excluding hydrogens is 332 g/mol. The molecule has 0 saturated heterocycles. The fourth-order valence-electron chi connectivity index (χ4n) is 3.49. The molecule has 3 aromatic rings. The van der Waals surface area contributed by atoms with Crippen molar-refractivity contribution < 1.29 is 4.79 Å². The van der Waals surface area contributed by atoms with Gasteiger partial charge in [-0.25, -0.2) is 0 Å². The van der Waals surface area contributed by atoms with Crippen LogP contribution in [0.2, 0.25) is 5.02 Å². The highest BCUT2D eigenvalue weighted by Gasteiger charge is 2.33. The molecule has 126 valence electrons. The van der Waals surface area contributed by atoms with E-state index < -0.39 is 0 Å². The predicted octanol–water partition coefficient (Wildman–Crippen LogP) is 4.70. The second-order valence-corrected chi connectivity index (χ2v) is 6.82. The van der Waals surface area contributed by atoms with Crippen LogP contribution in [0.3, 0.4) is 0 Å². The van der Waals surface area contributed by atoms with Crippen molar-refractivity contribution in [1.29, 1.82) is 0 Å². The maximum Gasteiger partial charge on any atom is 0.254 e. The Morgan fingerprint density at radius 2 is 1.76 bits per heavy atom. The number of carbonyl (C=O) groups is 1. The minimum atomic E-state index is -0.175. The molecule has 1 aliphatic rings. The van der Waals surface area contributed by atoms with Gasteiger partial charge in [0.05, 0.1) is 6.04 Å². The molecule has 0 spiro atoms. The SMILES string of the molecule is Cc1ccc(C(=O)N2CCn3cccc3C2c2ccccc2Cl)cc1. The van der Waals surface area contributed by atoms with E-state index in [4.69, 9.17) is 11.6 Å². The number of hydrogen-bond donors (Lipinski definition) is 0. The molecule has 1 unspecified atom stereocenters. The summed E-state index contributed by atoms with van der Waals surface area (Å²) in [7, 11) is 0. The van der Waals surface area contributed by atoms with Gasteiger partial charge < -0.3 is 9.47 Å². The second-order valence-electron chi connectivity index (χ2n) is 6.42. The molecule has 0 N–H and O–H groups in total. The molecule has 4 heteroatoms. The Morgan fingerprint density at radius 3 is 2.52 bits per heavy atom. The summed E-state index contributed by atoms with van der Waals surface area (Å²) < 4.78 is 2.20. The highest BCUT2D eigenvalue weighted by molar-refractivity contribution is 6.31. The lowest BCUT2D eigenvalue weighted by Gasteiger charge is -2.37. The van der Waals surface area contributed by atoms with Crippen LogP contribution in [0.1, 0.15) is 33.2 Å². The maximum atomic E-state index is 13.2. The molecule has 3 nitrogen and oxygen atoms in total. The van der Waals surface area contributed by atoms with Crippen LogP contribution in [0.4, 0.5) is 0 Å². The van der Waals surface area contributed by atoms with Crippen LogP contribution in [-0.2, 0) is 6.54 Å².